The van der Waals surface area contributed by atoms with Crippen molar-refractivity contribution in [3.8, 4) is 0 Å². The summed E-state index contributed by atoms with van der Waals surface area (Å²) in [6, 6.07) is 7.00. The second-order valence-electron chi connectivity index (χ2n) is 6.55. The van der Waals surface area contributed by atoms with Crippen LogP contribution in [0.1, 0.15) is 50.5 Å². The highest BCUT2D eigenvalue weighted by Gasteiger charge is 2.28. The summed E-state index contributed by atoms with van der Waals surface area (Å²) in [7, 11) is 0. The van der Waals surface area contributed by atoms with Gasteiger partial charge in [-0.15, -0.1) is 11.6 Å². The Balaban J connectivity index is 2.12. The Bertz CT molecular complexity index is 607. The molecule has 2 unspecified atom stereocenters. The standard InChI is InChI=1S/C17H23ClN2/c1-11-7-12(2)9-14(8-11)20-15-6-4-5-13(3)17(15)19-16(20)10-18/h4-6,11-12,14H,7-10H2,1-3H3. The van der Waals surface area contributed by atoms with Crippen LogP contribution in [-0.2, 0) is 5.88 Å². The smallest absolute Gasteiger partial charge is 0.125 e. The van der Waals surface area contributed by atoms with E-state index < -0.39 is 0 Å². The van der Waals surface area contributed by atoms with Gasteiger partial charge in [0.2, 0.25) is 0 Å². The number of nitrogens with zero attached hydrogens (tertiary/aromatic N) is 2. The van der Waals surface area contributed by atoms with Gasteiger partial charge in [-0.3, -0.25) is 0 Å². The van der Waals surface area contributed by atoms with Crippen molar-refractivity contribution in [3.05, 3.63) is 29.6 Å². The Morgan fingerprint density at radius 3 is 2.55 bits per heavy atom. The number of hydrogen-bond donors (Lipinski definition) is 0. The summed E-state index contributed by atoms with van der Waals surface area (Å²) in [5, 5.41) is 0. The fourth-order valence-electron chi connectivity index (χ4n) is 3.92. The summed E-state index contributed by atoms with van der Waals surface area (Å²) in [4.78, 5) is 4.79. The topological polar surface area (TPSA) is 17.8 Å². The highest BCUT2D eigenvalue weighted by molar-refractivity contribution is 6.16. The lowest BCUT2D eigenvalue weighted by Crippen LogP contribution is -2.23. The number of benzene rings is 1. The third-order valence-corrected chi connectivity index (χ3v) is 4.87. The van der Waals surface area contributed by atoms with Crippen LogP contribution in [0.25, 0.3) is 11.0 Å². The van der Waals surface area contributed by atoms with Gasteiger partial charge < -0.3 is 4.57 Å². The van der Waals surface area contributed by atoms with Crippen molar-refractivity contribution in [2.45, 2.75) is 52.0 Å². The van der Waals surface area contributed by atoms with Gasteiger partial charge in [-0.05, 0) is 49.7 Å². The molecule has 0 N–H and O–H groups in total. The van der Waals surface area contributed by atoms with Crippen LogP contribution >= 0.6 is 11.6 Å². The maximum atomic E-state index is 6.16. The first-order valence-electron chi connectivity index (χ1n) is 7.62. The molecule has 1 saturated carbocycles. The molecule has 1 heterocycles. The second kappa shape index (κ2) is 5.40. The van der Waals surface area contributed by atoms with Gasteiger partial charge in [-0.1, -0.05) is 26.0 Å². The van der Waals surface area contributed by atoms with Crippen LogP contribution in [0, 0.1) is 18.8 Å². The number of aromatic nitrogens is 2. The fourth-order valence-corrected chi connectivity index (χ4v) is 4.11. The Kier molecular flexibility index (Phi) is 3.76. The van der Waals surface area contributed by atoms with Crippen molar-refractivity contribution in [3.63, 3.8) is 0 Å². The van der Waals surface area contributed by atoms with E-state index in [4.69, 9.17) is 16.6 Å². The zero-order valence-electron chi connectivity index (χ0n) is 12.6. The lowest BCUT2D eigenvalue weighted by molar-refractivity contribution is 0.222. The molecule has 1 aromatic heterocycles. The molecule has 0 bridgehead atoms. The van der Waals surface area contributed by atoms with E-state index in [2.05, 4.69) is 43.5 Å². The lowest BCUT2D eigenvalue weighted by atomic mass is 9.80. The molecule has 1 aromatic carbocycles. The molecule has 1 aliphatic carbocycles. The molecule has 108 valence electrons. The van der Waals surface area contributed by atoms with Crippen LogP contribution in [0.2, 0.25) is 0 Å². The van der Waals surface area contributed by atoms with Gasteiger partial charge in [-0.25, -0.2) is 4.98 Å². The number of rotatable bonds is 2. The molecule has 0 saturated heterocycles. The molecule has 0 radical (unpaired) electrons. The predicted octanol–water partition coefficient (Wildman–Crippen LogP) is 5.08. The highest BCUT2D eigenvalue weighted by atomic mass is 35.5. The van der Waals surface area contributed by atoms with Crippen LogP contribution in [0.3, 0.4) is 0 Å². The van der Waals surface area contributed by atoms with Crippen LogP contribution in [0.5, 0.6) is 0 Å². The maximum Gasteiger partial charge on any atom is 0.125 e. The largest absolute Gasteiger partial charge is 0.324 e. The van der Waals surface area contributed by atoms with E-state index in [-0.39, 0.29) is 0 Å². The zero-order chi connectivity index (χ0) is 14.3. The van der Waals surface area contributed by atoms with Crippen molar-refractivity contribution in [2.75, 3.05) is 0 Å². The van der Waals surface area contributed by atoms with Crippen LogP contribution < -0.4 is 0 Å². The molecule has 3 rings (SSSR count). The first-order chi connectivity index (χ1) is 9.60. The summed E-state index contributed by atoms with van der Waals surface area (Å²) in [5.41, 5.74) is 3.62. The van der Waals surface area contributed by atoms with Gasteiger partial charge in [0.15, 0.2) is 0 Å². The molecule has 1 aliphatic rings. The number of aryl methyl sites for hydroxylation is 1. The number of hydrogen-bond acceptors (Lipinski definition) is 1. The van der Waals surface area contributed by atoms with Crippen molar-refractivity contribution >= 4 is 22.6 Å². The molecule has 2 nitrogen and oxygen atoms in total. The molecular formula is C17H23ClN2. The number of halogens is 1. The Morgan fingerprint density at radius 2 is 1.90 bits per heavy atom. The minimum absolute atomic E-state index is 0.493. The van der Waals surface area contributed by atoms with Crippen LogP contribution in [0.15, 0.2) is 18.2 Å². The molecule has 20 heavy (non-hydrogen) atoms. The number of fused-ring (bicyclic) bond motifs is 1. The summed E-state index contributed by atoms with van der Waals surface area (Å²) in [6.45, 7) is 6.87. The highest BCUT2D eigenvalue weighted by Crippen LogP contribution is 2.38. The van der Waals surface area contributed by atoms with Gasteiger partial charge in [0.05, 0.1) is 16.9 Å². The van der Waals surface area contributed by atoms with Crippen LogP contribution in [-0.4, -0.2) is 9.55 Å². The first-order valence-corrected chi connectivity index (χ1v) is 8.16. The summed E-state index contributed by atoms with van der Waals surface area (Å²) < 4.78 is 2.42. The van der Waals surface area contributed by atoms with Crippen molar-refractivity contribution in [2.24, 2.45) is 11.8 Å². The van der Waals surface area contributed by atoms with E-state index in [1.807, 2.05) is 0 Å². The third-order valence-electron chi connectivity index (χ3n) is 4.63. The normalized spacial score (nSPS) is 27.1. The van der Waals surface area contributed by atoms with Gasteiger partial charge in [0.1, 0.15) is 5.82 Å². The van der Waals surface area contributed by atoms with Gasteiger partial charge in [0.25, 0.3) is 0 Å². The fraction of sp³-hybridized carbons (Fsp3) is 0.588. The molecular weight excluding hydrogens is 268 g/mol. The van der Waals surface area contributed by atoms with E-state index in [9.17, 15) is 0 Å². The molecule has 2 atom stereocenters. The van der Waals surface area contributed by atoms with Gasteiger partial charge in [0, 0.05) is 6.04 Å². The summed E-state index contributed by atoms with van der Waals surface area (Å²) >= 11 is 6.16. The average molecular weight is 291 g/mol. The second-order valence-corrected chi connectivity index (χ2v) is 6.81. The van der Waals surface area contributed by atoms with E-state index in [0.29, 0.717) is 11.9 Å². The third kappa shape index (κ3) is 2.35. The monoisotopic (exact) mass is 290 g/mol. The Morgan fingerprint density at radius 1 is 1.20 bits per heavy atom. The molecule has 2 aromatic rings. The number of alkyl halides is 1. The van der Waals surface area contributed by atoms with E-state index in [0.717, 1.165) is 23.2 Å². The predicted molar refractivity (Wildman–Crippen MR) is 85.2 cm³/mol. The van der Waals surface area contributed by atoms with Crippen LogP contribution in [0.4, 0.5) is 0 Å². The van der Waals surface area contributed by atoms with E-state index in [1.54, 1.807) is 0 Å². The van der Waals surface area contributed by atoms with E-state index >= 15 is 0 Å². The van der Waals surface area contributed by atoms with Gasteiger partial charge in [-0.2, -0.15) is 0 Å². The Hall–Kier alpha value is -1.02. The maximum absolute atomic E-state index is 6.16. The minimum Gasteiger partial charge on any atom is -0.324 e. The van der Waals surface area contributed by atoms with E-state index in [1.165, 1.54) is 30.3 Å². The molecule has 0 spiro atoms. The number of imidazole rings is 1. The van der Waals surface area contributed by atoms with Crippen molar-refractivity contribution in [1.82, 2.24) is 9.55 Å². The lowest BCUT2D eigenvalue weighted by Gasteiger charge is -2.33. The summed E-state index contributed by atoms with van der Waals surface area (Å²) in [6.07, 6.45) is 3.83. The SMILES string of the molecule is Cc1cccc2c1nc(CCl)n2C1CC(C)CC(C)C1. The zero-order valence-corrected chi connectivity index (χ0v) is 13.3. The molecule has 0 aliphatic heterocycles. The average Bonchev–Trinajstić information content (AvgIpc) is 2.77. The van der Waals surface area contributed by atoms with Crippen molar-refractivity contribution in [1.29, 1.82) is 0 Å². The minimum atomic E-state index is 0.493. The first kappa shape index (κ1) is 13.9. The van der Waals surface area contributed by atoms with Gasteiger partial charge >= 0.3 is 0 Å². The Labute approximate surface area is 126 Å². The van der Waals surface area contributed by atoms with Crippen molar-refractivity contribution < 1.29 is 0 Å². The quantitative estimate of drug-likeness (QED) is 0.705. The number of para-hydroxylation sites is 1. The molecule has 1 fully saturated rings. The molecule has 3 heteroatoms. The summed E-state index contributed by atoms with van der Waals surface area (Å²) in [5.74, 6) is 3.10. The molecule has 0 amide bonds.